The Bertz CT molecular complexity index is 436. The summed E-state index contributed by atoms with van der Waals surface area (Å²) in [6.07, 6.45) is 0. The van der Waals surface area contributed by atoms with Gasteiger partial charge in [0.2, 0.25) is 0 Å². The van der Waals surface area contributed by atoms with Gasteiger partial charge in [-0.3, -0.25) is 4.79 Å². The minimum atomic E-state index is -0.513. The van der Waals surface area contributed by atoms with Crippen molar-refractivity contribution >= 4 is 5.91 Å². The number of ether oxygens (including phenoxy) is 2. The molecule has 0 fully saturated rings. The van der Waals surface area contributed by atoms with Crippen LogP contribution in [0.3, 0.4) is 0 Å². The highest BCUT2D eigenvalue weighted by Gasteiger charge is 2.07. The first kappa shape index (κ1) is 16.3. The van der Waals surface area contributed by atoms with Gasteiger partial charge in [0, 0.05) is 19.6 Å². The number of methoxy groups -OCH3 is 1. The summed E-state index contributed by atoms with van der Waals surface area (Å²) in [6.45, 7) is 2.49. The van der Waals surface area contributed by atoms with Crippen molar-refractivity contribution in [3.05, 3.63) is 23.8 Å². The Morgan fingerprint density at radius 3 is 2.70 bits per heavy atom. The third-order valence-electron chi connectivity index (χ3n) is 2.66. The van der Waals surface area contributed by atoms with E-state index in [1.54, 1.807) is 13.2 Å². The molecular formula is C14H23N3O3. The largest absolute Gasteiger partial charge is 0.493 e. The monoisotopic (exact) mass is 281 g/mol. The highest BCUT2D eigenvalue weighted by Crippen LogP contribution is 2.27. The number of carbonyl (C=O) groups excluding carboxylic acids is 1. The van der Waals surface area contributed by atoms with Crippen LogP contribution in [0.5, 0.6) is 11.5 Å². The molecular weight excluding hydrogens is 258 g/mol. The predicted octanol–water partition coefficient (Wildman–Crippen LogP) is 0.211. The number of nitrogens with one attached hydrogen (secondary N) is 1. The summed E-state index contributed by atoms with van der Waals surface area (Å²) >= 11 is 0. The standard InChI is InChI=1S/C14H23N3O3/c1-17(2)7-6-16-9-11-4-5-12(13(8-11)19-3)20-10-14(15)18/h4-5,8,16H,6-7,9-10H2,1-3H3,(H2,15,18). The van der Waals surface area contributed by atoms with Gasteiger partial charge in [0.1, 0.15) is 0 Å². The summed E-state index contributed by atoms with van der Waals surface area (Å²) in [5.74, 6) is 0.600. The Kier molecular flexibility index (Phi) is 6.83. The molecule has 3 N–H and O–H groups in total. The van der Waals surface area contributed by atoms with Crippen molar-refractivity contribution in [1.29, 1.82) is 0 Å². The normalized spacial score (nSPS) is 10.6. The summed E-state index contributed by atoms with van der Waals surface area (Å²) in [5.41, 5.74) is 6.14. The van der Waals surface area contributed by atoms with Crippen LogP contribution in [-0.4, -0.2) is 51.7 Å². The number of rotatable bonds is 9. The summed E-state index contributed by atoms with van der Waals surface area (Å²) in [4.78, 5) is 12.8. The predicted molar refractivity (Wildman–Crippen MR) is 77.9 cm³/mol. The molecule has 1 rings (SSSR count). The molecule has 0 saturated carbocycles. The third-order valence-corrected chi connectivity index (χ3v) is 2.66. The summed E-state index contributed by atoms with van der Waals surface area (Å²) in [5, 5.41) is 3.34. The zero-order valence-electron chi connectivity index (χ0n) is 12.3. The van der Waals surface area contributed by atoms with Gasteiger partial charge in [-0.05, 0) is 31.8 Å². The van der Waals surface area contributed by atoms with Crippen LogP contribution in [0.25, 0.3) is 0 Å². The molecule has 0 unspecified atom stereocenters. The summed E-state index contributed by atoms with van der Waals surface area (Å²) in [6, 6.07) is 5.60. The van der Waals surface area contributed by atoms with Crippen molar-refractivity contribution in [2.45, 2.75) is 6.54 Å². The van der Waals surface area contributed by atoms with E-state index in [-0.39, 0.29) is 6.61 Å². The van der Waals surface area contributed by atoms with Gasteiger partial charge in [0.15, 0.2) is 18.1 Å². The molecule has 6 heteroatoms. The Morgan fingerprint density at radius 2 is 2.10 bits per heavy atom. The maximum absolute atomic E-state index is 10.7. The van der Waals surface area contributed by atoms with E-state index in [0.717, 1.165) is 25.2 Å². The van der Waals surface area contributed by atoms with E-state index in [1.807, 2.05) is 26.2 Å². The van der Waals surface area contributed by atoms with Crippen molar-refractivity contribution < 1.29 is 14.3 Å². The molecule has 1 amide bonds. The molecule has 1 aromatic rings. The van der Waals surface area contributed by atoms with Gasteiger partial charge in [-0.2, -0.15) is 0 Å². The molecule has 0 aliphatic rings. The first-order valence-electron chi connectivity index (χ1n) is 6.46. The lowest BCUT2D eigenvalue weighted by atomic mass is 10.2. The lowest BCUT2D eigenvalue weighted by Gasteiger charge is -2.13. The van der Waals surface area contributed by atoms with Gasteiger partial charge >= 0.3 is 0 Å². The zero-order valence-corrected chi connectivity index (χ0v) is 12.3. The van der Waals surface area contributed by atoms with Crippen molar-refractivity contribution in [2.75, 3.05) is 40.9 Å². The minimum Gasteiger partial charge on any atom is -0.493 e. The SMILES string of the molecule is COc1cc(CNCCN(C)C)ccc1OCC(N)=O. The molecule has 0 heterocycles. The second kappa shape index (κ2) is 8.39. The number of hydrogen-bond donors (Lipinski definition) is 2. The first-order chi connectivity index (χ1) is 9.52. The first-order valence-corrected chi connectivity index (χ1v) is 6.46. The molecule has 112 valence electrons. The number of likely N-dealkylation sites (N-methyl/N-ethyl adjacent to an activating group) is 1. The molecule has 1 aromatic carbocycles. The average Bonchev–Trinajstić information content (AvgIpc) is 2.41. The molecule has 20 heavy (non-hydrogen) atoms. The highest BCUT2D eigenvalue weighted by atomic mass is 16.5. The van der Waals surface area contributed by atoms with E-state index in [0.29, 0.717) is 11.5 Å². The zero-order chi connectivity index (χ0) is 15.0. The molecule has 6 nitrogen and oxygen atoms in total. The number of benzene rings is 1. The number of amides is 1. The minimum absolute atomic E-state index is 0.156. The van der Waals surface area contributed by atoms with Crippen LogP contribution in [0.1, 0.15) is 5.56 Å². The Morgan fingerprint density at radius 1 is 1.35 bits per heavy atom. The van der Waals surface area contributed by atoms with E-state index in [1.165, 1.54) is 0 Å². The maximum atomic E-state index is 10.7. The van der Waals surface area contributed by atoms with E-state index in [2.05, 4.69) is 10.2 Å². The fraction of sp³-hybridized carbons (Fsp3) is 0.500. The number of primary amides is 1. The van der Waals surface area contributed by atoms with Gasteiger partial charge in [-0.15, -0.1) is 0 Å². The van der Waals surface area contributed by atoms with Crippen molar-refractivity contribution in [2.24, 2.45) is 5.73 Å². The number of nitrogens with zero attached hydrogens (tertiary/aromatic N) is 1. The topological polar surface area (TPSA) is 76.8 Å². The van der Waals surface area contributed by atoms with E-state index in [4.69, 9.17) is 15.2 Å². The Hall–Kier alpha value is -1.79. The number of nitrogens with two attached hydrogens (primary N) is 1. The van der Waals surface area contributed by atoms with Crippen molar-refractivity contribution in [3.63, 3.8) is 0 Å². The molecule has 0 aromatic heterocycles. The van der Waals surface area contributed by atoms with Gasteiger partial charge in [0.05, 0.1) is 7.11 Å². The van der Waals surface area contributed by atoms with E-state index >= 15 is 0 Å². The van der Waals surface area contributed by atoms with Gasteiger partial charge in [0.25, 0.3) is 5.91 Å². The van der Waals surface area contributed by atoms with Crippen molar-refractivity contribution in [1.82, 2.24) is 10.2 Å². The van der Waals surface area contributed by atoms with Gasteiger partial charge < -0.3 is 25.4 Å². The molecule has 0 aliphatic heterocycles. The van der Waals surface area contributed by atoms with Crippen LogP contribution in [0.15, 0.2) is 18.2 Å². The summed E-state index contributed by atoms with van der Waals surface area (Å²) < 4.78 is 10.5. The average molecular weight is 281 g/mol. The van der Waals surface area contributed by atoms with Crippen LogP contribution in [0.4, 0.5) is 0 Å². The lowest BCUT2D eigenvalue weighted by Crippen LogP contribution is -2.26. The van der Waals surface area contributed by atoms with Crippen LogP contribution >= 0.6 is 0 Å². The highest BCUT2D eigenvalue weighted by molar-refractivity contribution is 5.75. The lowest BCUT2D eigenvalue weighted by molar-refractivity contribution is -0.119. The third kappa shape index (κ3) is 5.90. The molecule has 0 saturated heterocycles. The Labute approximate surface area is 119 Å². The van der Waals surface area contributed by atoms with Crippen LogP contribution in [0.2, 0.25) is 0 Å². The van der Waals surface area contributed by atoms with Gasteiger partial charge in [-0.1, -0.05) is 6.07 Å². The van der Waals surface area contributed by atoms with Crippen molar-refractivity contribution in [3.8, 4) is 11.5 Å². The molecule has 0 radical (unpaired) electrons. The van der Waals surface area contributed by atoms with Crippen LogP contribution in [0, 0.1) is 0 Å². The number of carbonyl (C=O) groups is 1. The number of hydrogen-bond acceptors (Lipinski definition) is 5. The summed E-state index contributed by atoms with van der Waals surface area (Å²) in [7, 11) is 5.64. The smallest absolute Gasteiger partial charge is 0.255 e. The molecule has 0 spiro atoms. The molecule has 0 bridgehead atoms. The maximum Gasteiger partial charge on any atom is 0.255 e. The van der Waals surface area contributed by atoms with Gasteiger partial charge in [-0.25, -0.2) is 0 Å². The van der Waals surface area contributed by atoms with Crippen LogP contribution in [-0.2, 0) is 11.3 Å². The van der Waals surface area contributed by atoms with E-state index < -0.39 is 5.91 Å². The van der Waals surface area contributed by atoms with E-state index in [9.17, 15) is 4.79 Å². The fourth-order valence-electron chi connectivity index (χ4n) is 1.63. The second-order valence-electron chi connectivity index (χ2n) is 4.72. The second-order valence-corrected chi connectivity index (χ2v) is 4.72. The molecule has 0 atom stereocenters. The Balaban J connectivity index is 2.55. The molecule has 0 aliphatic carbocycles. The van der Waals surface area contributed by atoms with Crippen LogP contribution < -0.4 is 20.5 Å². The fourth-order valence-corrected chi connectivity index (χ4v) is 1.63. The quantitative estimate of drug-likeness (QED) is 0.633.